The van der Waals surface area contributed by atoms with Crippen molar-refractivity contribution in [2.45, 2.75) is 33.1 Å². The lowest BCUT2D eigenvalue weighted by atomic mass is 9.82. The highest BCUT2D eigenvalue weighted by Gasteiger charge is 2.36. The van der Waals surface area contributed by atoms with Gasteiger partial charge in [0, 0.05) is 15.3 Å². The Morgan fingerprint density at radius 1 is 1.30 bits per heavy atom. The van der Waals surface area contributed by atoms with E-state index in [4.69, 9.17) is 10.5 Å². The molecule has 0 aliphatic carbocycles. The molecule has 1 aliphatic heterocycles. The number of nitriles is 1. The average molecular weight is 376 g/mol. The van der Waals surface area contributed by atoms with Crippen molar-refractivity contribution in [2.75, 3.05) is 0 Å². The van der Waals surface area contributed by atoms with Crippen molar-refractivity contribution in [3.8, 4) is 23.2 Å². The van der Waals surface area contributed by atoms with Gasteiger partial charge in [-0.15, -0.1) is 16.4 Å². The highest BCUT2D eigenvalue weighted by molar-refractivity contribution is 7.12. The molecule has 0 amide bonds. The van der Waals surface area contributed by atoms with E-state index in [-0.39, 0.29) is 11.8 Å². The fourth-order valence-corrected chi connectivity index (χ4v) is 4.54. The van der Waals surface area contributed by atoms with Gasteiger partial charge in [0.25, 0.3) is 0 Å². The van der Waals surface area contributed by atoms with Crippen molar-refractivity contribution in [1.29, 1.82) is 5.26 Å². The minimum Gasteiger partial charge on any atom is -0.420 e. The molecule has 0 saturated heterocycles. The van der Waals surface area contributed by atoms with Gasteiger partial charge in [-0.05, 0) is 37.5 Å². The highest BCUT2D eigenvalue weighted by Crippen LogP contribution is 2.46. The number of aromatic nitrogens is 2. The predicted octanol–water partition coefficient (Wildman–Crippen LogP) is 4.54. The molecule has 6 heteroatoms. The van der Waals surface area contributed by atoms with Gasteiger partial charge >= 0.3 is 0 Å². The van der Waals surface area contributed by atoms with Gasteiger partial charge < -0.3 is 10.5 Å². The zero-order chi connectivity index (χ0) is 19.1. The van der Waals surface area contributed by atoms with E-state index in [1.54, 1.807) is 11.3 Å². The van der Waals surface area contributed by atoms with Gasteiger partial charge in [0.15, 0.2) is 0 Å². The first kappa shape index (κ1) is 17.4. The third-order valence-corrected chi connectivity index (χ3v) is 5.94. The van der Waals surface area contributed by atoms with Crippen LogP contribution < -0.4 is 10.5 Å². The topological polar surface area (TPSA) is 87.7 Å². The van der Waals surface area contributed by atoms with Gasteiger partial charge in [-0.1, -0.05) is 31.2 Å². The maximum absolute atomic E-state index is 9.78. The minimum atomic E-state index is -0.307. The molecular weight excluding hydrogens is 356 g/mol. The number of nitrogens with zero attached hydrogens (tertiary/aromatic N) is 2. The Hall–Kier alpha value is -3.04. The summed E-state index contributed by atoms with van der Waals surface area (Å²) in [6, 6.07) is 12.7. The van der Waals surface area contributed by atoms with Crippen LogP contribution in [0.2, 0.25) is 0 Å². The molecule has 3 N–H and O–H groups in total. The fourth-order valence-electron chi connectivity index (χ4n) is 3.61. The van der Waals surface area contributed by atoms with Crippen LogP contribution in [0, 0.1) is 25.2 Å². The molecule has 0 spiro atoms. The second-order valence-electron chi connectivity index (χ2n) is 6.66. The summed E-state index contributed by atoms with van der Waals surface area (Å²) in [5, 5.41) is 17.2. The van der Waals surface area contributed by atoms with Gasteiger partial charge in [0.05, 0.1) is 17.2 Å². The molecule has 3 aromatic rings. The smallest absolute Gasteiger partial charge is 0.244 e. The number of aromatic amines is 1. The number of aryl methyl sites for hydroxylation is 3. The van der Waals surface area contributed by atoms with Gasteiger partial charge in [-0.25, -0.2) is 0 Å². The molecule has 4 rings (SSSR count). The summed E-state index contributed by atoms with van der Waals surface area (Å²) in [6.07, 6.45) is 0.965. The van der Waals surface area contributed by atoms with E-state index in [2.05, 4.69) is 67.4 Å². The summed E-state index contributed by atoms with van der Waals surface area (Å²) in [4.78, 5) is 2.42. The van der Waals surface area contributed by atoms with E-state index < -0.39 is 0 Å². The minimum absolute atomic E-state index is 0.117. The molecule has 1 aliphatic rings. The quantitative estimate of drug-likeness (QED) is 0.703. The summed E-state index contributed by atoms with van der Waals surface area (Å²) in [5.41, 5.74) is 11.6. The van der Waals surface area contributed by atoms with Gasteiger partial charge in [-0.3, -0.25) is 5.10 Å². The summed E-state index contributed by atoms with van der Waals surface area (Å²) in [6.45, 7) is 6.29. The highest BCUT2D eigenvalue weighted by atomic mass is 32.1. The van der Waals surface area contributed by atoms with Crippen LogP contribution in [0.1, 0.15) is 39.3 Å². The molecule has 3 heterocycles. The lowest BCUT2D eigenvalue weighted by molar-refractivity contribution is 0.379. The Morgan fingerprint density at radius 3 is 2.63 bits per heavy atom. The molecule has 1 aromatic carbocycles. The first-order valence-corrected chi connectivity index (χ1v) is 9.67. The van der Waals surface area contributed by atoms with E-state index in [9.17, 15) is 5.26 Å². The van der Waals surface area contributed by atoms with E-state index in [1.807, 2.05) is 0 Å². The molecule has 0 unspecified atom stereocenters. The third kappa shape index (κ3) is 2.81. The number of hydrogen-bond acceptors (Lipinski definition) is 5. The lowest BCUT2D eigenvalue weighted by Gasteiger charge is -2.24. The number of ether oxygens (including phenoxy) is 1. The predicted molar refractivity (Wildman–Crippen MR) is 106 cm³/mol. The van der Waals surface area contributed by atoms with Crippen LogP contribution in [-0.2, 0) is 6.42 Å². The molecule has 1 atom stereocenters. The van der Waals surface area contributed by atoms with Gasteiger partial charge in [0.2, 0.25) is 11.8 Å². The molecule has 27 heavy (non-hydrogen) atoms. The van der Waals surface area contributed by atoms with Crippen LogP contribution in [0.3, 0.4) is 0 Å². The Morgan fingerprint density at radius 2 is 2.04 bits per heavy atom. The van der Waals surface area contributed by atoms with Crippen LogP contribution in [-0.4, -0.2) is 10.2 Å². The van der Waals surface area contributed by atoms with Crippen molar-refractivity contribution in [2.24, 2.45) is 5.73 Å². The Balaban J connectivity index is 1.93. The molecule has 2 aromatic heterocycles. The SMILES string of the molecule is CCc1ccc([C@@H]2C(C#N)=C(N)Oc3n[nH]c(-c4cc(C)sc4C)c32)cc1. The number of H-pyrrole nitrogens is 1. The number of rotatable bonds is 3. The maximum Gasteiger partial charge on any atom is 0.244 e. The third-order valence-electron chi connectivity index (χ3n) is 4.97. The Labute approximate surface area is 162 Å². The van der Waals surface area contributed by atoms with Crippen molar-refractivity contribution >= 4 is 11.3 Å². The monoisotopic (exact) mass is 376 g/mol. The zero-order valence-corrected chi connectivity index (χ0v) is 16.3. The standard InChI is InChI=1S/C21H20N4OS/c1-4-13-5-7-14(8-6-13)17-16(10-22)20(23)26-21-18(17)19(24-25-21)15-9-11(2)27-12(15)3/h5-9,17H,4,23H2,1-3H3,(H,24,25)/t17-/m1/s1. The maximum atomic E-state index is 9.78. The normalized spacial score (nSPS) is 16.0. The number of fused-ring (bicyclic) bond motifs is 1. The lowest BCUT2D eigenvalue weighted by Crippen LogP contribution is -2.21. The Bertz CT molecular complexity index is 1080. The summed E-state index contributed by atoms with van der Waals surface area (Å²) in [5.74, 6) is 0.248. The van der Waals surface area contributed by atoms with E-state index >= 15 is 0 Å². The van der Waals surface area contributed by atoms with Crippen LogP contribution in [0.25, 0.3) is 11.3 Å². The van der Waals surface area contributed by atoms with Crippen molar-refractivity contribution in [3.05, 3.63) is 68.2 Å². The van der Waals surface area contributed by atoms with Crippen LogP contribution in [0.4, 0.5) is 0 Å². The van der Waals surface area contributed by atoms with Crippen molar-refractivity contribution < 1.29 is 4.74 Å². The number of nitrogens with two attached hydrogens (primary N) is 1. The molecular formula is C21H20N4OS. The summed E-state index contributed by atoms with van der Waals surface area (Å²) >= 11 is 1.74. The summed E-state index contributed by atoms with van der Waals surface area (Å²) in [7, 11) is 0. The average Bonchev–Trinajstić information content (AvgIpc) is 3.22. The van der Waals surface area contributed by atoms with Crippen LogP contribution in [0.5, 0.6) is 5.88 Å². The molecule has 136 valence electrons. The number of benzene rings is 1. The van der Waals surface area contributed by atoms with Gasteiger partial charge in [-0.2, -0.15) is 5.26 Å². The van der Waals surface area contributed by atoms with Crippen molar-refractivity contribution in [1.82, 2.24) is 10.2 Å². The van der Waals surface area contributed by atoms with Gasteiger partial charge in [0.1, 0.15) is 11.6 Å². The molecule has 0 radical (unpaired) electrons. The van der Waals surface area contributed by atoms with E-state index in [1.165, 1.54) is 15.3 Å². The number of thiophene rings is 1. The number of nitrogens with one attached hydrogen (secondary N) is 1. The van der Waals surface area contributed by atoms with E-state index in [0.29, 0.717) is 11.5 Å². The van der Waals surface area contributed by atoms with E-state index in [0.717, 1.165) is 28.8 Å². The molecule has 0 fully saturated rings. The number of hydrogen-bond donors (Lipinski definition) is 2. The van der Waals surface area contributed by atoms with Crippen molar-refractivity contribution in [3.63, 3.8) is 0 Å². The second kappa shape index (κ2) is 6.60. The molecule has 5 nitrogen and oxygen atoms in total. The van der Waals surface area contributed by atoms with Crippen LogP contribution >= 0.6 is 11.3 Å². The van der Waals surface area contributed by atoms with Crippen LogP contribution in [0.15, 0.2) is 41.8 Å². The fraction of sp³-hybridized carbons (Fsp3) is 0.238. The first-order valence-electron chi connectivity index (χ1n) is 8.85. The molecule has 0 bridgehead atoms. The zero-order valence-electron chi connectivity index (χ0n) is 15.5. The first-order chi connectivity index (χ1) is 13.0. The number of allylic oxidation sites excluding steroid dienone is 1. The second-order valence-corrected chi connectivity index (χ2v) is 8.12. The molecule has 0 saturated carbocycles. The Kier molecular flexibility index (Phi) is 4.25. The largest absolute Gasteiger partial charge is 0.420 e. The summed E-state index contributed by atoms with van der Waals surface area (Å²) < 4.78 is 5.68.